The molecule has 2 aromatic rings. The van der Waals surface area contributed by atoms with Gasteiger partial charge in [-0.1, -0.05) is 36.4 Å². The third kappa shape index (κ3) is 6.47. The van der Waals surface area contributed by atoms with Crippen LogP contribution in [0.3, 0.4) is 0 Å². The molecule has 0 aromatic heterocycles. The zero-order valence-electron chi connectivity index (χ0n) is 14.9. The van der Waals surface area contributed by atoms with Crippen molar-refractivity contribution < 1.29 is 14.3 Å². The second kappa shape index (κ2) is 10.4. The van der Waals surface area contributed by atoms with E-state index >= 15 is 0 Å². The maximum Gasteiger partial charge on any atom is 0.321 e. The van der Waals surface area contributed by atoms with Gasteiger partial charge in [0.2, 0.25) is 0 Å². The van der Waals surface area contributed by atoms with Gasteiger partial charge < -0.3 is 19.7 Å². The van der Waals surface area contributed by atoms with E-state index in [1.54, 1.807) is 11.9 Å². The highest BCUT2D eigenvalue weighted by Gasteiger charge is 2.11. The highest BCUT2D eigenvalue weighted by Crippen LogP contribution is 2.16. The van der Waals surface area contributed by atoms with Crippen molar-refractivity contribution in [3.63, 3.8) is 0 Å². The standard InChI is InChI=1S/C20H26N2O3/c1-3-24-16-17-10-7-8-13-19(17)21-20(23)22(2)14-9-15-25-18-11-5-4-6-12-18/h4-8,10-13H,3,9,14-16H2,1-2H3,(H,21,23). The van der Waals surface area contributed by atoms with Gasteiger partial charge in [-0.25, -0.2) is 4.79 Å². The summed E-state index contributed by atoms with van der Waals surface area (Å²) in [5.41, 5.74) is 1.76. The van der Waals surface area contributed by atoms with Gasteiger partial charge in [-0.2, -0.15) is 0 Å². The van der Waals surface area contributed by atoms with Crippen LogP contribution in [-0.2, 0) is 11.3 Å². The summed E-state index contributed by atoms with van der Waals surface area (Å²) in [5.74, 6) is 0.847. The van der Waals surface area contributed by atoms with E-state index in [-0.39, 0.29) is 6.03 Å². The van der Waals surface area contributed by atoms with E-state index in [0.29, 0.717) is 26.4 Å². The van der Waals surface area contributed by atoms with Gasteiger partial charge in [0, 0.05) is 31.5 Å². The van der Waals surface area contributed by atoms with Crippen molar-refractivity contribution in [2.75, 3.05) is 32.1 Å². The Hall–Kier alpha value is -2.53. The number of anilines is 1. The second-order valence-electron chi connectivity index (χ2n) is 5.66. The minimum atomic E-state index is -0.136. The largest absolute Gasteiger partial charge is 0.494 e. The lowest BCUT2D eigenvalue weighted by molar-refractivity contribution is 0.134. The number of benzene rings is 2. The highest BCUT2D eigenvalue weighted by molar-refractivity contribution is 5.89. The second-order valence-corrected chi connectivity index (χ2v) is 5.66. The van der Waals surface area contributed by atoms with Crippen molar-refractivity contribution in [2.24, 2.45) is 0 Å². The molecular formula is C20H26N2O3. The molecule has 25 heavy (non-hydrogen) atoms. The lowest BCUT2D eigenvalue weighted by Crippen LogP contribution is -2.33. The molecule has 0 aliphatic carbocycles. The summed E-state index contributed by atoms with van der Waals surface area (Å²) in [4.78, 5) is 14.0. The minimum Gasteiger partial charge on any atom is -0.494 e. The SMILES string of the molecule is CCOCc1ccccc1NC(=O)N(C)CCCOc1ccccc1. The van der Waals surface area contributed by atoms with Crippen LogP contribution in [0.2, 0.25) is 0 Å². The third-order valence-electron chi connectivity index (χ3n) is 3.72. The maximum absolute atomic E-state index is 12.3. The fourth-order valence-electron chi connectivity index (χ4n) is 2.30. The molecule has 0 saturated heterocycles. The number of para-hydroxylation sites is 2. The topological polar surface area (TPSA) is 50.8 Å². The molecule has 0 saturated carbocycles. The van der Waals surface area contributed by atoms with Crippen LogP contribution < -0.4 is 10.1 Å². The Morgan fingerprint density at radius 2 is 1.80 bits per heavy atom. The van der Waals surface area contributed by atoms with Gasteiger partial charge in [0.05, 0.1) is 13.2 Å². The number of amides is 2. The van der Waals surface area contributed by atoms with Crippen LogP contribution in [0.1, 0.15) is 18.9 Å². The number of ether oxygens (including phenoxy) is 2. The molecule has 2 aromatic carbocycles. The molecule has 0 aliphatic rings. The van der Waals surface area contributed by atoms with E-state index in [1.165, 1.54) is 0 Å². The molecule has 0 spiro atoms. The quantitative estimate of drug-likeness (QED) is 0.696. The molecule has 2 rings (SSSR count). The number of nitrogens with one attached hydrogen (secondary N) is 1. The van der Waals surface area contributed by atoms with Crippen LogP contribution in [0, 0.1) is 0 Å². The fourth-order valence-corrected chi connectivity index (χ4v) is 2.30. The van der Waals surface area contributed by atoms with Gasteiger partial charge >= 0.3 is 6.03 Å². The third-order valence-corrected chi connectivity index (χ3v) is 3.72. The number of urea groups is 1. The Morgan fingerprint density at radius 1 is 1.08 bits per heavy atom. The van der Waals surface area contributed by atoms with Gasteiger partial charge in [0.1, 0.15) is 5.75 Å². The zero-order chi connectivity index (χ0) is 17.9. The van der Waals surface area contributed by atoms with Crippen LogP contribution in [0.15, 0.2) is 54.6 Å². The van der Waals surface area contributed by atoms with Crippen molar-refractivity contribution >= 4 is 11.7 Å². The number of hydrogen-bond acceptors (Lipinski definition) is 3. The minimum absolute atomic E-state index is 0.136. The fraction of sp³-hybridized carbons (Fsp3) is 0.350. The molecule has 134 valence electrons. The summed E-state index contributed by atoms with van der Waals surface area (Å²) in [6.45, 7) is 4.27. The summed E-state index contributed by atoms with van der Waals surface area (Å²) in [5, 5.41) is 2.94. The number of rotatable bonds is 9. The van der Waals surface area contributed by atoms with Crippen molar-refractivity contribution in [3.8, 4) is 5.75 Å². The normalized spacial score (nSPS) is 10.3. The molecule has 5 heteroatoms. The van der Waals surface area contributed by atoms with Crippen molar-refractivity contribution in [1.82, 2.24) is 4.90 Å². The maximum atomic E-state index is 12.3. The molecule has 0 aliphatic heterocycles. The van der Waals surface area contributed by atoms with E-state index in [0.717, 1.165) is 23.4 Å². The molecule has 0 atom stereocenters. The van der Waals surface area contributed by atoms with Crippen LogP contribution in [-0.4, -0.2) is 37.7 Å². The monoisotopic (exact) mass is 342 g/mol. The van der Waals surface area contributed by atoms with Gasteiger partial charge in [-0.05, 0) is 31.5 Å². The molecule has 0 radical (unpaired) electrons. The molecule has 2 amide bonds. The molecule has 0 heterocycles. The Balaban J connectivity index is 1.76. The molecule has 0 bridgehead atoms. The number of carbonyl (C=O) groups excluding carboxylic acids is 1. The van der Waals surface area contributed by atoms with E-state index < -0.39 is 0 Å². The van der Waals surface area contributed by atoms with Gasteiger partial charge in [-0.15, -0.1) is 0 Å². The number of hydrogen-bond donors (Lipinski definition) is 1. The van der Waals surface area contributed by atoms with Gasteiger partial charge in [0.15, 0.2) is 0 Å². The lowest BCUT2D eigenvalue weighted by Gasteiger charge is -2.19. The van der Waals surface area contributed by atoms with Gasteiger partial charge in [-0.3, -0.25) is 0 Å². The Kier molecular flexibility index (Phi) is 7.79. The van der Waals surface area contributed by atoms with Crippen molar-refractivity contribution in [2.45, 2.75) is 20.0 Å². The Bertz CT molecular complexity index is 646. The summed E-state index contributed by atoms with van der Waals surface area (Å²) < 4.78 is 11.1. The highest BCUT2D eigenvalue weighted by atomic mass is 16.5. The molecule has 1 N–H and O–H groups in total. The summed E-state index contributed by atoms with van der Waals surface area (Å²) >= 11 is 0. The molecule has 0 unspecified atom stereocenters. The Labute approximate surface area is 149 Å². The first kappa shape index (κ1) is 18.8. The molecular weight excluding hydrogens is 316 g/mol. The average molecular weight is 342 g/mol. The lowest BCUT2D eigenvalue weighted by atomic mass is 10.2. The first-order chi connectivity index (χ1) is 12.2. The summed E-state index contributed by atoms with van der Waals surface area (Å²) in [6, 6.07) is 17.2. The zero-order valence-corrected chi connectivity index (χ0v) is 14.9. The van der Waals surface area contributed by atoms with Gasteiger partial charge in [0.25, 0.3) is 0 Å². The average Bonchev–Trinajstić information content (AvgIpc) is 2.65. The first-order valence-electron chi connectivity index (χ1n) is 8.56. The van der Waals surface area contributed by atoms with Crippen molar-refractivity contribution in [1.29, 1.82) is 0 Å². The summed E-state index contributed by atoms with van der Waals surface area (Å²) in [7, 11) is 1.78. The van der Waals surface area contributed by atoms with Crippen molar-refractivity contribution in [3.05, 3.63) is 60.2 Å². The summed E-state index contributed by atoms with van der Waals surface area (Å²) in [6.07, 6.45) is 0.763. The van der Waals surface area contributed by atoms with E-state index in [2.05, 4.69) is 5.32 Å². The van der Waals surface area contributed by atoms with Crippen LogP contribution in [0.25, 0.3) is 0 Å². The smallest absolute Gasteiger partial charge is 0.321 e. The van der Waals surface area contributed by atoms with Crippen LogP contribution in [0.5, 0.6) is 5.75 Å². The predicted molar refractivity (Wildman–Crippen MR) is 100.0 cm³/mol. The number of nitrogens with zero attached hydrogens (tertiary/aromatic N) is 1. The number of carbonyl (C=O) groups is 1. The Morgan fingerprint density at radius 3 is 2.56 bits per heavy atom. The van der Waals surface area contributed by atoms with Crippen LogP contribution >= 0.6 is 0 Å². The predicted octanol–water partition coefficient (Wildman–Crippen LogP) is 4.16. The van der Waals surface area contributed by atoms with E-state index in [9.17, 15) is 4.79 Å². The van der Waals surface area contributed by atoms with E-state index in [4.69, 9.17) is 9.47 Å². The van der Waals surface area contributed by atoms with Crippen LogP contribution in [0.4, 0.5) is 10.5 Å². The van der Waals surface area contributed by atoms with E-state index in [1.807, 2.05) is 61.5 Å². The molecule has 5 nitrogen and oxygen atoms in total. The molecule has 0 fully saturated rings. The first-order valence-corrected chi connectivity index (χ1v) is 8.56.